The number of aliphatic hydroxyl groups excluding tert-OH is 1. The second kappa shape index (κ2) is 5.56. The molecule has 1 aliphatic heterocycles. The Morgan fingerprint density at radius 2 is 2.32 bits per heavy atom. The number of rotatable bonds is 3. The Balaban J connectivity index is 1.55. The van der Waals surface area contributed by atoms with E-state index >= 15 is 0 Å². The number of anilines is 1. The van der Waals surface area contributed by atoms with E-state index in [0.29, 0.717) is 13.1 Å². The van der Waals surface area contributed by atoms with Gasteiger partial charge in [-0.25, -0.2) is 4.98 Å². The summed E-state index contributed by atoms with van der Waals surface area (Å²) in [7, 11) is 0. The zero-order valence-corrected chi connectivity index (χ0v) is 11.7. The Labute approximate surface area is 116 Å². The second-order valence-corrected chi connectivity index (χ2v) is 6.41. The maximum absolute atomic E-state index is 11.9. The van der Waals surface area contributed by atoms with Gasteiger partial charge < -0.3 is 10.4 Å². The van der Waals surface area contributed by atoms with E-state index < -0.39 is 0 Å². The van der Waals surface area contributed by atoms with Crippen LogP contribution in [0.3, 0.4) is 0 Å². The lowest BCUT2D eigenvalue weighted by atomic mass is 10.0. The molecule has 2 aliphatic rings. The third-order valence-electron chi connectivity index (χ3n) is 3.71. The standard InChI is InChI=1S/C13H19N3O2S/c17-9-5-6-16(7-9)8-12(18)15-13-14-10-3-1-2-4-11(10)19-13/h9,17H,1-8H2,(H,14,15,18)/t9-/m0/s1. The lowest BCUT2D eigenvalue weighted by Gasteiger charge is -2.13. The van der Waals surface area contributed by atoms with Gasteiger partial charge in [0.1, 0.15) is 0 Å². The highest BCUT2D eigenvalue weighted by atomic mass is 32.1. The highest BCUT2D eigenvalue weighted by Gasteiger charge is 2.23. The summed E-state index contributed by atoms with van der Waals surface area (Å²) in [6, 6.07) is 0. The van der Waals surface area contributed by atoms with Crippen LogP contribution in [0.25, 0.3) is 0 Å². The van der Waals surface area contributed by atoms with Crippen molar-refractivity contribution in [3.8, 4) is 0 Å². The van der Waals surface area contributed by atoms with E-state index in [0.717, 1.165) is 30.9 Å². The molecular formula is C13H19N3O2S. The molecule has 0 saturated carbocycles. The number of hydrogen-bond donors (Lipinski definition) is 2. The summed E-state index contributed by atoms with van der Waals surface area (Å²) in [5.41, 5.74) is 1.17. The van der Waals surface area contributed by atoms with Crippen molar-refractivity contribution < 1.29 is 9.90 Å². The molecule has 2 N–H and O–H groups in total. The third kappa shape index (κ3) is 3.13. The summed E-state index contributed by atoms with van der Waals surface area (Å²) >= 11 is 1.61. The molecule has 19 heavy (non-hydrogen) atoms. The molecule has 0 unspecified atom stereocenters. The first-order chi connectivity index (χ1) is 9.20. The monoisotopic (exact) mass is 281 g/mol. The predicted molar refractivity (Wildman–Crippen MR) is 74.4 cm³/mol. The number of nitrogens with one attached hydrogen (secondary N) is 1. The van der Waals surface area contributed by atoms with Crippen LogP contribution < -0.4 is 5.32 Å². The highest BCUT2D eigenvalue weighted by molar-refractivity contribution is 7.15. The SMILES string of the molecule is O=C(CN1CC[C@H](O)C1)Nc1nc2c(s1)CCCC2. The number of aromatic nitrogens is 1. The van der Waals surface area contributed by atoms with Gasteiger partial charge in [-0.05, 0) is 32.1 Å². The van der Waals surface area contributed by atoms with E-state index in [9.17, 15) is 9.90 Å². The van der Waals surface area contributed by atoms with Gasteiger partial charge in [0.25, 0.3) is 0 Å². The fraction of sp³-hybridized carbons (Fsp3) is 0.692. The summed E-state index contributed by atoms with van der Waals surface area (Å²) in [6.45, 7) is 1.74. The molecule has 1 atom stereocenters. The largest absolute Gasteiger partial charge is 0.392 e. The van der Waals surface area contributed by atoms with Crippen molar-refractivity contribution in [2.45, 2.75) is 38.2 Å². The Hall–Kier alpha value is -0.980. The molecule has 0 bridgehead atoms. The number of amides is 1. The summed E-state index contributed by atoms with van der Waals surface area (Å²) in [6.07, 6.45) is 5.06. The normalized spacial score (nSPS) is 23.3. The third-order valence-corrected chi connectivity index (χ3v) is 4.78. The first-order valence-electron chi connectivity index (χ1n) is 6.89. The zero-order valence-electron chi connectivity index (χ0n) is 10.9. The van der Waals surface area contributed by atoms with Gasteiger partial charge in [0.15, 0.2) is 5.13 Å². The van der Waals surface area contributed by atoms with E-state index in [-0.39, 0.29) is 12.0 Å². The summed E-state index contributed by atoms with van der Waals surface area (Å²) in [5, 5.41) is 13.0. The van der Waals surface area contributed by atoms with Crippen LogP contribution in [0.1, 0.15) is 29.8 Å². The Kier molecular flexibility index (Phi) is 3.81. The smallest absolute Gasteiger partial charge is 0.240 e. The molecule has 0 spiro atoms. The molecule has 6 heteroatoms. The van der Waals surface area contributed by atoms with E-state index in [2.05, 4.69) is 10.3 Å². The number of aliphatic hydroxyl groups is 1. The molecular weight excluding hydrogens is 262 g/mol. The molecule has 104 valence electrons. The number of nitrogens with zero attached hydrogens (tertiary/aromatic N) is 2. The summed E-state index contributed by atoms with van der Waals surface area (Å²) in [4.78, 5) is 19.7. The van der Waals surface area contributed by atoms with E-state index in [1.807, 2.05) is 4.90 Å². The minimum Gasteiger partial charge on any atom is -0.392 e. The Bertz CT molecular complexity index is 451. The minimum absolute atomic E-state index is 0.0276. The van der Waals surface area contributed by atoms with Crippen molar-refractivity contribution in [2.75, 3.05) is 25.0 Å². The first kappa shape index (κ1) is 13.0. The summed E-state index contributed by atoms with van der Waals surface area (Å²) in [5.74, 6) is -0.0276. The topological polar surface area (TPSA) is 65.5 Å². The van der Waals surface area contributed by atoms with Gasteiger partial charge in [-0.3, -0.25) is 9.69 Å². The molecule has 0 radical (unpaired) electrons. The number of β-amino-alcohol motifs (C(OH)–C–C–N with tert-alkyl or cyclic N) is 1. The average molecular weight is 281 g/mol. The fourth-order valence-corrected chi connectivity index (χ4v) is 3.79. The number of aryl methyl sites for hydroxylation is 2. The van der Waals surface area contributed by atoms with Gasteiger partial charge in [0.2, 0.25) is 5.91 Å². The van der Waals surface area contributed by atoms with Crippen molar-refractivity contribution in [3.05, 3.63) is 10.6 Å². The Morgan fingerprint density at radius 3 is 3.05 bits per heavy atom. The van der Waals surface area contributed by atoms with Crippen LogP contribution in [-0.4, -0.2) is 46.6 Å². The minimum atomic E-state index is -0.278. The highest BCUT2D eigenvalue weighted by Crippen LogP contribution is 2.29. The number of carbonyl (C=O) groups excluding carboxylic acids is 1. The van der Waals surface area contributed by atoms with Crippen LogP contribution in [0.5, 0.6) is 0 Å². The lowest BCUT2D eigenvalue weighted by molar-refractivity contribution is -0.117. The second-order valence-electron chi connectivity index (χ2n) is 5.32. The number of carbonyl (C=O) groups is 1. The molecule has 1 aliphatic carbocycles. The van der Waals surface area contributed by atoms with Crippen molar-refractivity contribution in [1.29, 1.82) is 0 Å². The van der Waals surface area contributed by atoms with Crippen LogP contribution in [-0.2, 0) is 17.6 Å². The van der Waals surface area contributed by atoms with Gasteiger partial charge in [0, 0.05) is 18.0 Å². The predicted octanol–water partition coefficient (Wildman–Crippen LogP) is 1.03. The van der Waals surface area contributed by atoms with Gasteiger partial charge in [0.05, 0.1) is 18.3 Å². The van der Waals surface area contributed by atoms with Crippen molar-refractivity contribution in [2.24, 2.45) is 0 Å². The molecule has 1 saturated heterocycles. The number of hydrogen-bond acceptors (Lipinski definition) is 5. The maximum Gasteiger partial charge on any atom is 0.240 e. The Morgan fingerprint density at radius 1 is 1.47 bits per heavy atom. The van der Waals surface area contributed by atoms with Crippen LogP contribution in [0, 0.1) is 0 Å². The van der Waals surface area contributed by atoms with E-state index in [1.165, 1.54) is 23.4 Å². The van der Waals surface area contributed by atoms with Gasteiger partial charge in [-0.15, -0.1) is 11.3 Å². The first-order valence-corrected chi connectivity index (χ1v) is 7.71. The van der Waals surface area contributed by atoms with Crippen LogP contribution >= 0.6 is 11.3 Å². The molecule has 0 aromatic carbocycles. The molecule has 2 heterocycles. The number of fused-ring (bicyclic) bond motifs is 1. The maximum atomic E-state index is 11.9. The molecule has 1 amide bonds. The molecule has 1 aromatic rings. The van der Waals surface area contributed by atoms with Crippen LogP contribution in [0.4, 0.5) is 5.13 Å². The van der Waals surface area contributed by atoms with Crippen molar-refractivity contribution in [1.82, 2.24) is 9.88 Å². The number of thiazole rings is 1. The van der Waals surface area contributed by atoms with Crippen LogP contribution in [0.15, 0.2) is 0 Å². The molecule has 1 fully saturated rings. The lowest BCUT2D eigenvalue weighted by Crippen LogP contribution is -2.32. The molecule has 5 nitrogen and oxygen atoms in total. The van der Waals surface area contributed by atoms with Crippen molar-refractivity contribution in [3.63, 3.8) is 0 Å². The average Bonchev–Trinajstić information content (AvgIpc) is 2.94. The van der Waals surface area contributed by atoms with Gasteiger partial charge in [-0.1, -0.05) is 0 Å². The quantitative estimate of drug-likeness (QED) is 0.868. The summed E-state index contributed by atoms with van der Waals surface area (Å²) < 4.78 is 0. The van der Waals surface area contributed by atoms with Crippen molar-refractivity contribution >= 4 is 22.4 Å². The molecule has 1 aromatic heterocycles. The fourth-order valence-electron chi connectivity index (χ4n) is 2.72. The van der Waals surface area contributed by atoms with Gasteiger partial charge >= 0.3 is 0 Å². The zero-order chi connectivity index (χ0) is 13.2. The van der Waals surface area contributed by atoms with Crippen LogP contribution in [0.2, 0.25) is 0 Å². The van der Waals surface area contributed by atoms with Gasteiger partial charge in [-0.2, -0.15) is 0 Å². The molecule has 3 rings (SSSR count). The van der Waals surface area contributed by atoms with E-state index in [1.54, 1.807) is 11.3 Å². The van der Waals surface area contributed by atoms with E-state index in [4.69, 9.17) is 0 Å². The number of likely N-dealkylation sites (tertiary alicyclic amines) is 1.